The van der Waals surface area contributed by atoms with Crippen molar-refractivity contribution in [3.63, 3.8) is 0 Å². The Labute approximate surface area is 517 Å². The van der Waals surface area contributed by atoms with Crippen LogP contribution in [0.15, 0.2) is 42.5 Å². The van der Waals surface area contributed by atoms with E-state index in [4.69, 9.17) is 34.2 Å². The third-order valence-corrected chi connectivity index (χ3v) is 16.4. The van der Waals surface area contributed by atoms with E-state index in [1.54, 1.807) is 0 Å². The summed E-state index contributed by atoms with van der Waals surface area (Å²) in [7, 11) is 1.26. The van der Waals surface area contributed by atoms with Crippen molar-refractivity contribution in [1.29, 1.82) is 0 Å². The zero-order chi connectivity index (χ0) is 67.2. The van der Waals surface area contributed by atoms with Gasteiger partial charge in [-0.1, -0.05) is 31.2 Å². The first kappa shape index (κ1) is 70.9. The molecule has 32 nitrogen and oxygen atoms in total. The van der Waals surface area contributed by atoms with Gasteiger partial charge < -0.3 is 116 Å². The summed E-state index contributed by atoms with van der Waals surface area (Å²) in [4.78, 5) is 120. The van der Waals surface area contributed by atoms with Crippen molar-refractivity contribution in [2.24, 2.45) is 17.6 Å². The number of aromatic hydroxyl groups is 2. The van der Waals surface area contributed by atoms with Crippen LogP contribution in [0.2, 0.25) is 0 Å². The molecule has 2 saturated heterocycles. The van der Waals surface area contributed by atoms with Gasteiger partial charge in [-0.05, 0) is 37.6 Å². The number of amides is 4. The van der Waals surface area contributed by atoms with Crippen molar-refractivity contribution in [2.75, 3.05) is 32.2 Å². The maximum Gasteiger partial charge on any atom is 0.407 e. The van der Waals surface area contributed by atoms with Crippen LogP contribution in [0.1, 0.15) is 108 Å². The second-order valence-electron chi connectivity index (χ2n) is 22.8. The molecule has 2 aliphatic carbocycles. The number of carbonyl (C=O) groups excluding carboxylic acids is 9. The van der Waals surface area contributed by atoms with Gasteiger partial charge in [0.15, 0.2) is 35.7 Å². The van der Waals surface area contributed by atoms with Gasteiger partial charge in [-0.2, -0.15) is 0 Å². The Hall–Kier alpha value is -7.51. The number of Topliss-reactive ketones (excluding diaryl/α,β-unsaturated/α-hetero) is 3. The number of aliphatic hydroxyl groups excluding tert-OH is 10. The molecular formula is C59H74N4O28. The average molecular weight is 1290 g/mol. The fraction of sp³-hybridized carbons (Fsp3) is 0.542. The number of methoxy groups -OCH3 is 1. The molecule has 7 rings (SSSR count). The largest absolute Gasteiger partial charge is 0.507 e. The zero-order valence-electron chi connectivity index (χ0n) is 49.4. The normalized spacial score (nSPS) is 26.8. The number of fused-ring (bicyclic) bond motifs is 3. The molecule has 4 aliphatic rings. The number of phenolic OH excluding ortho intramolecular Hbond substituents is 2. The monoisotopic (exact) mass is 1290 g/mol. The molecule has 498 valence electrons. The molecular weight excluding hydrogens is 1210 g/mol. The van der Waals surface area contributed by atoms with Gasteiger partial charge in [0.1, 0.15) is 91.0 Å². The predicted octanol–water partition coefficient (Wildman–Crippen LogP) is -4.28. The molecule has 0 saturated carbocycles. The number of ketones is 5. The van der Waals surface area contributed by atoms with Gasteiger partial charge in [-0.25, -0.2) is 4.79 Å². The number of ether oxygens (including phenoxy) is 6. The Balaban J connectivity index is 0.921. The summed E-state index contributed by atoms with van der Waals surface area (Å²) >= 11 is 0. The average Bonchev–Trinajstić information content (AvgIpc) is 0.715. The standard InChI is InChI=1S/C59H74N4O28/c1-22(12-32(68)47(75)52(80)54(33(69)18-64)91-57-53(81)51(79)48(76)36(19-65)90-57)55(82)61-23(2)31(67)13-26(14-38(60)71)56(83)62-27-10-8-25(9-11-27)21-87-58(84)63-30-15-39(88-24(3)44(30)72)89-35-17-59(85,37(70)20-66)16-29-41(35)50(78)43-42(46(29)74)45(73)28-6-5-7-34(86-4)40(28)49(43)77/h5-11,22-24,26,30,33,35-36,39,44,47-48,51-54,57,64-66,69,72,74-76,78-81,85H,12-21H2,1-4H3,(H2,60,71)(H,61,82)(H,62,83)(H,63,84)/t22?,23?,24-,26?,30-,33+,35?,36+,39?,44+,47-,48-,51-,52-,53+,54-,57-,59+/m0/s1. The number of hydrogen-bond donors (Lipinski definition) is 17. The number of benzene rings is 3. The summed E-state index contributed by atoms with van der Waals surface area (Å²) in [6.45, 7) is 0.333. The van der Waals surface area contributed by atoms with Gasteiger partial charge in [0, 0.05) is 66.8 Å². The molecule has 2 heterocycles. The van der Waals surface area contributed by atoms with Gasteiger partial charge in [-0.15, -0.1) is 0 Å². The molecule has 3 aromatic carbocycles. The van der Waals surface area contributed by atoms with Crippen molar-refractivity contribution in [3.05, 3.63) is 81.4 Å². The first-order valence-electron chi connectivity index (χ1n) is 28.7. The maximum atomic E-state index is 14.1. The molecule has 18 N–H and O–H groups in total. The number of rotatable bonds is 27. The summed E-state index contributed by atoms with van der Waals surface area (Å²) in [5, 5.41) is 145. The lowest BCUT2D eigenvalue weighted by atomic mass is 9.72. The summed E-state index contributed by atoms with van der Waals surface area (Å²) < 4.78 is 33.4. The summed E-state index contributed by atoms with van der Waals surface area (Å²) in [5.41, 5.74) is 1.27. The molecule has 2 aliphatic heterocycles. The van der Waals surface area contributed by atoms with E-state index >= 15 is 0 Å². The van der Waals surface area contributed by atoms with Gasteiger partial charge in [-0.3, -0.25) is 38.4 Å². The smallest absolute Gasteiger partial charge is 0.407 e. The molecule has 0 spiro atoms. The number of phenols is 2. The van der Waals surface area contributed by atoms with E-state index in [0.717, 1.165) is 0 Å². The Morgan fingerprint density at radius 1 is 0.802 bits per heavy atom. The minimum Gasteiger partial charge on any atom is -0.507 e. The summed E-state index contributed by atoms with van der Waals surface area (Å²) in [6.07, 6.45) is -28.6. The highest BCUT2D eigenvalue weighted by Gasteiger charge is 2.52. The molecule has 3 aromatic rings. The van der Waals surface area contributed by atoms with E-state index in [1.807, 2.05) is 0 Å². The van der Waals surface area contributed by atoms with E-state index < -0.39 is 237 Å². The van der Waals surface area contributed by atoms with Gasteiger partial charge in [0.2, 0.25) is 23.5 Å². The Bertz CT molecular complexity index is 3230. The highest BCUT2D eigenvalue weighted by atomic mass is 16.7. The molecule has 91 heavy (non-hydrogen) atoms. The first-order chi connectivity index (χ1) is 42.9. The van der Waals surface area contributed by atoms with Crippen LogP contribution in [0.4, 0.5) is 10.5 Å². The van der Waals surface area contributed by atoms with Crippen molar-refractivity contribution < 1.29 is 138 Å². The van der Waals surface area contributed by atoms with Crippen LogP contribution >= 0.6 is 0 Å². The lowest BCUT2D eigenvalue weighted by Gasteiger charge is -2.42. The first-order valence-corrected chi connectivity index (χ1v) is 28.7. The zero-order valence-corrected chi connectivity index (χ0v) is 49.4. The third kappa shape index (κ3) is 15.5. The fourth-order valence-corrected chi connectivity index (χ4v) is 11.2. The number of anilines is 1. The maximum absolute atomic E-state index is 14.1. The molecule has 2 fully saturated rings. The van der Waals surface area contributed by atoms with E-state index in [9.17, 15) is 110 Å². The van der Waals surface area contributed by atoms with Crippen LogP contribution in [-0.4, -0.2) is 237 Å². The Morgan fingerprint density at radius 2 is 1.47 bits per heavy atom. The van der Waals surface area contributed by atoms with Crippen molar-refractivity contribution in [3.8, 4) is 17.2 Å². The highest BCUT2D eigenvalue weighted by Crippen LogP contribution is 2.53. The minimum atomic E-state index is -2.45. The van der Waals surface area contributed by atoms with Crippen LogP contribution in [-0.2, 0) is 65.5 Å². The highest BCUT2D eigenvalue weighted by molar-refractivity contribution is 6.31. The molecule has 5 unspecified atom stereocenters. The number of carbonyl (C=O) groups is 9. The number of hydrogen-bond acceptors (Lipinski definition) is 28. The molecule has 0 radical (unpaired) electrons. The van der Waals surface area contributed by atoms with Crippen LogP contribution in [0.5, 0.6) is 17.2 Å². The molecule has 4 amide bonds. The summed E-state index contributed by atoms with van der Waals surface area (Å²) in [5.74, 6) is -11.9. The second-order valence-corrected chi connectivity index (χ2v) is 22.8. The third-order valence-electron chi connectivity index (χ3n) is 16.4. The van der Waals surface area contributed by atoms with E-state index in [-0.39, 0.29) is 46.7 Å². The SMILES string of the molecule is COc1cccc2c1C(=O)c1c(O)c3c(c(O)c1C2=O)C[C@](O)(C(=O)CO)CC3OC1C[C@H](NC(=O)OCc2ccc(NC(=O)C(CC(N)=O)CC(=O)C(C)NC(=O)C(C)CC(=O)[C@H](O)[C@H](O)[C@@H](O[C@@H]3O[C@H](CO)[C@H](O)[C@H](O)[C@H]3O)[C@H](O)CO)cc2)[C@H](O)[C@H](C)O1. The van der Waals surface area contributed by atoms with Gasteiger partial charge in [0.05, 0.1) is 67.2 Å². The number of alkyl carbamates (subject to hydrolysis) is 1. The molecule has 32 heteroatoms. The van der Waals surface area contributed by atoms with Crippen LogP contribution in [0.25, 0.3) is 0 Å². The van der Waals surface area contributed by atoms with E-state index in [1.165, 1.54) is 70.3 Å². The molecule has 0 aromatic heterocycles. The van der Waals surface area contributed by atoms with Crippen molar-refractivity contribution in [2.45, 2.75) is 163 Å². The quantitative estimate of drug-likeness (QED) is 0.0251. The van der Waals surface area contributed by atoms with Crippen molar-refractivity contribution >= 4 is 58.4 Å². The number of primary amides is 1. The van der Waals surface area contributed by atoms with E-state index in [2.05, 4.69) is 16.0 Å². The van der Waals surface area contributed by atoms with Crippen LogP contribution < -0.4 is 26.4 Å². The second kappa shape index (κ2) is 29.8. The Morgan fingerprint density at radius 3 is 2.10 bits per heavy atom. The number of nitrogens with two attached hydrogens (primary N) is 1. The minimum absolute atomic E-state index is 0.00475. The molecule has 18 atom stereocenters. The number of nitrogens with one attached hydrogen (secondary N) is 3. The van der Waals surface area contributed by atoms with E-state index in [0.29, 0.717) is 5.56 Å². The lowest BCUT2D eigenvalue weighted by molar-refractivity contribution is -0.326. The van der Waals surface area contributed by atoms with Gasteiger partial charge >= 0.3 is 6.09 Å². The predicted molar refractivity (Wildman–Crippen MR) is 303 cm³/mol. The Kier molecular flexibility index (Phi) is 23.3. The molecule has 0 bridgehead atoms. The van der Waals surface area contributed by atoms with Crippen LogP contribution in [0, 0.1) is 11.8 Å². The number of aliphatic hydroxyl groups is 11. The fourth-order valence-electron chi connectivity index (χ4n) is 11.2. The van der Waals surface area contributed by atoms with Crippen molar-refractivity contribution in [1.82, 2.24) is 10.6 Å². The van der Waals surface area contributed by atoms with Crippen LogP contribution in [0.3, 0.4) is 0 Å². The van der Waals surface area contributed by atoms with Gasteiger partial charge in [0.25, 0.3) is 0 Å². The lowest BCUT2D eigenvalue weighted by Crippen LogP contribution is -2.61. The summed E-state index contributed by atoms with van der Waals surface area (Å²) in [6, 6.07) is 7.32. The topological polar surface area (TPSA) is 534 Å².